The van der Waals surface area contributed by atoms with Crippen molar-refractivity contribution in [1.82, 2.24) is 4.90 Å². The average molecular weight is 270 g/mol. The number of ether oxygens (including phenoxy) is 1. The van der Waals surface area contributed by atoms with Crippen molar-refractivity contribution in [2.45, 2.75) is 64.5 Å². The molecular weight excluding hydrogens is 240 g/mol. The molecular formula is C15H30N2O2. The molecule has 0 aromatic carbocycles. The monoisotopic (exact) mass is 270 g/mol. The highest BCUT2D eigenvalue weighted by Crippen LogP contribution is 2.37. The topological polar surface area (TPSA) is 55.6 Å². The van der Waals surface area contributed by atoms with Crippen LogP contribution in [-0.4, -0.2) is 42.6 Å². The first-order chi connectivity index (χ1) is 8.95. The molecule has 2 N–H and O–H groups in total. The summed E-state index contributed by atoms with van der Waals surface area (Å²) in [5.41, 5.74) is 5.59. The number of nitrogens with two attached hydrogens (primary N) is 1. The van der Waals surface area contributed by atoms with Crippen molar-refractivity contribution in [1.29, 1.82) is 0 Å². The number of rotatable bonds is 7. The summed E-state index contributed by atoms with van der Waals surface area (Å²) in [7, 11) is 2.14. The molecule has 1 fully saturated rings. The predicted molar refractivity (Wildman–Crippen MR) is 77.9 cm³/mol. The van der Waals surface area contributed by atoms with E-state index in [1.165, 1.54) is 0 Å². The number of carbonyl (C=O) groups excluding carboxylic acids is 1. The fourth-order valence-electron chi connectivity index (χ4n) is 2.93. The summed E-state index contributed by atoms with van der Waals surface area (Å²) in [5.74, 6) is 0.0572. The SMILES string of the molecule is CCOC(=O)C1(N)CCCC1CCN(C)C(C)CC. The van der Waals surface area contributed by atoms with Crippen LogP contribution >= 0.6 is 0 Å². The van der Waals surface area contributed by atoms with Gasteiger partial charge in [-0.05, 0) is 59.0 Å². The lowest BCUT2D eigenvalue weighted by Gasteiger charge is -2.31. The van der Waals surface area contributed by atoms with Crippen molar-refractivity contribution < 1.29 is 9.53 Å². The molecule has 112 valence electrons. The highest BCUT2D eigenvalue weighted by atomic mass is 16.5. The molecule has 0 spiro atoms. The third kappa shape index (κ3) is 3.93. The molecule has 0 bridgehead atoms. The van der Waals surface area contributed by atoms with Gasteiger partial charge in [-0.3, -0.25) is 4.79 Å². The van der Waals surface area contributed by atoms with Gasteiger partial charge in [0.2, 0.25) is 0 Å². The lowest BCUT2D eigenvalue weighted by Crippen LogP contribution is -2.52. The van der Waals surface area contributed by atoms with Crippen LogP contribution in [0.5, 0.6) is 0 Å². The lowest BCUT2D eigenvalue weighted by molar-refractivity contribution is -0.151. The summed E-state index contributed by atoms with van der Waals surface area (Å²) in [6.45, 7) is 7.68. The summed E-state index contributed by atoms with van der Waals surface area (Å²) in [4.78, 5) is 14.4. The molecule has 0 aromatic heterocycles. The predicted octanol–water partition coefficient (Wildman–Crippen LogP) is 2.17. The van der Waals surface area contributed by atoms with Gasteiger partial charge >= 0.3 is 5.97 Å². The van der Waals surface area contributed by atoms with E-state index in [9.17, 15) is 4.79 Å². The van der Waals surface area contributed by atoms with Crippen LogP contribution in [0.4, 0.5) is 0 Å². The van der Waals surface area contributed by atoms with Gasteiger partial charge < -0.3 is 15.4 Å². The molecule has 0 amide bonds. The molecule has 19 heavy (non-hydrogen) atoms. The van der Waals surface area contributed by atoms with Gasteiger partial charge in [-0.1, -0.05) is 13.3 Å². The van der Waals surface area contributed by atoms with Gasteiger partial charge in [-0.2, -0.15) is 0 Å². The normalized spacial score (nSPS) is 28.6. The highest BCUT2D eigenvalue weighted by Gasteiger charge is 2.46. The fraction of sp³-hybridized carbons (Fsp3) is 0.933. The van der Waals surface area contributed by atoms with Gasteiger partial charge in [-0.15, -0.1) is 0 Å². The van der Waals surface area contributed by atoms with Crippen molar-refractivity contribution >= 4 is 5.97 Å². The second-order valence-electron chi connectivity index (χ2n) is 5.88. The number of hydrogen-bond acceptors (Lipinski definition) is 4. The molecule has 3 atom stereocenters. The molecule has 1 rings (SSSR count). The van der Waals surface area contributed by atoms with E-state index < -0.39 is 5.54 Å². The third-order valence-electron chi connectivity index (χ3n) is 4.70. The van der Waals surface area contributed by atoms with Gasteiger partial charge in [0, 0.05) is 6.04 Å². The summed E-state index contributed by atoms with van der Waals surface area (Å²) >= 11 is 0. The largest absolute Gasteiger partial charge is 0.465 e. The minimum absolute atomic E-state index is 0.205. The molecule has 3 unspecified atom stereocenters. The van der Waals surface area contributed by atoms with Crippen molar-refractivity contribution in [3.63, 3.8) is 0 Å². The highest BCUT2D eigenvalue weighted by molar-refractivity contribution is 5.81. The van der Waals surface area contributed by atoms with Gasteiger partial charge in [0.15, 0.2) is 0 Å². The molecule has 0 radical (unpaired) electrons. The van der Waals surface area contributed by atoms with E-state index in [2.05, 4.69) is 25.8 Å². The lowest BCUT2D eigenvalue weighted by atomic mass is 9.85. The molecule has 0 saturated heterocycles. The quantitative estimate of drug-likeness (QED) is 0.720. The first-order valence-electron chi connectivity index (χ1n) is 7.62. The van der Waals surface area contributed by atoms with Crippen LogP contribution in [0.2, 0.25) is 0 Å². The van der Waals surface area contributed by atoms with E-state index in [4.69, 9.17) is 10.5 Å². The summed E-state index contributed by atoms with van der Waals surface area (Å²) in [6, 6.07) is 0.580. The number of hydrogen-bond donors (Lipinski definition) is 1. The van der Waals surface area contributed by atoms with Crippen molar-refractivity contribution in [3.8, 4) is 0 Å². The number of carbonyl (C=O) groups is 1. The third-order valence-corrected chi connectivity index (χ3v) is 4.70. The summed E-state index contributed by atoms with van der Waals surface area (Å²) in [5, 5.41) is 0. The molecule has 0 aliphatic heterocycles. The Labute approximate surface area is 117 Å². The zero-order chi connectivity index (χ0) is 14.5. The molecule has 1 aliphatic rings. The van der Waals surface area contributed by atoms with Crippen molar-refractivity contribution in [3.05, 3.63) is 0 Å². The van der Waals surface area contributed by atoms with Crippen molar-refractivity contribution in [2.24, 2.45) is 11.7 Å². The zero-order valence-corrected chi connectivity index (χ0v) is 12.9. The molecule has 0 heterocycles. The van der Waals surface area contributed by atoms with E-state index in [0.29, 0.717) is 12.6 Å². The van der Waals surface area contributed by atoms with E-state index in [0.717, 1.165) is 38.6 Å². The van der Waals surface area contributed by atoms with Crippen molar-refractivity contribution in [2.75, 3.05) is 20.2 Å². The van der Waals surface area contributed by atoms with Gasteiger partial charge in [0.1, 0.15) is 5.54 Å². The maximum Gasteiger partial charge on any atom is 0.326 e. The summed E-state index contributed by atoms with van der Waals surface area (Å²) in [6.07, 6.45) is 4.98. The first kappa shape index (κ1) is 16.4. The molecule has 1 saturated carbocycles. The van der Waals surface area contributed by atoms with E-state index in [1.807, 2.05) is 6.92 Å². The van der Waals surface area contributed by atoms with E-state index >= 15 is 0 Å². The average Bonchev–Trinajstić information content (AvgIpc) is 2.78. The maximum absolute atomic E-state index is 12.1. The molecule has 1 aliphatic carbocycles. The van der Waals surface area contributed by atoms with Crippen LogP contribution in [0.1, 0.15) is 52.9 Å². The fourth-order valence-corrected chi connectivity index (χ4v) is 2.93. The Kier molecular flexibility index (Phi) is 6.27. The second-order valence-corrected chi connectivity index (χ2v) is 5.88. The number of nitrogens with zero attached hydrogens (tertiary/aromatic N) is 1. The Balaban J connectivity index is 2.54. The first-order valence-corrected chi connectivity index (χ1v) is 7.62. The van der Waals surface area contributed by atoms with Crippen LogP contribution in [0.3, 0.4) is 0 Å². The molecule has 4 nitrogen and oxygen atoms in total. The van der Waals surface area contributed by atoms with Crippen LogP contribution < -0.4 is 5.73 Å². The van der Waals surface area contributed by atoms with Gasteiger partial charge in [-0.25, -0.2) is 0 Å². The minimum Gasteiger partial charge on any atom is -0.465 e. The van der Waals surface area contributed by atoms with E-state index in [1.54, 1.807) is 0 Å². The Hall–Kier alpha value is -0.610. The molecule has 0 aromatic rings. The Bertz CT molecular complexity index is 296. The summed E-state index contributed by atoms with van der Waals surface area (Å²) < 4.78 is 5.16. The number of esters is 1. The van der Waals surface area contributed by atoms with Crippen LogP contribution in [0.15, 0.2) is 0 Å². The van der Waals surface area contributed by atoms with Crippen LogP contribution in [0, 0.1) is 5.92 Å². The molecule has 4 heteroatoms. The van der Waals surface area contributed by atoms with Crippen LogP contribution in [-0.2, 0) is 9.53 Å². The standard InChI is InChI=1S/C15H30N2O2/c1-5-12(3)17(4)11-9-13-8-7-10-15(13,16)14(18)19-6-2/h12-13H,5-11,16H2,1-4H3. The maximum atomic E-state index is 12.1. The smallest absolute Gasteiger partial charge is 0.326 e. The van der Waals surface area contributed by atoms with Crippen LogP contribution in [0.25, 0.3) is 0 Å². The zero-order valence-electron chi connectivity index (χ0n) is 12.9. The minimum atomic E-state index is -0.744. The van der Waals surface area contributed by atoms with E-state index in [-0.39, 0.29) is 11.9 Å². The Morgan fingerprint density at radius 1 is 1.53 bits per heavy atom. The second kappa shape index (κ2) is 7.25. The Morgan fingerprint density at radius 2 is 2.21 bits per heavy atom. The van der Waals surface area contributed by atoms with Gasteiger partial charge in [0.25, 0.3) is 0 Å². The Morgan fingerprint density at radius 3 is 2.79 bits per heavy atom. The van der Waals surface area contributed by atoms with Gasteiger partial charge in [0.05, 0.1) is 6.61 Å².